The Morgan fingerprint density at radius 1 is 1.25 bits per heavy atom. The maximum Gasteiger partial charge on any atom is 0.135 e. The zero-order chi connectivity index (χ0) is 12.0. The van der Waals surface area contributed by atoms with Crippen LogP contribution >= 0.6 is 0 Å². The van der Waals surface area contributed by atoms with Crippen molar-refractivity contribution in [2.24, 2.45) is 11.8 Å². The number of ketones is 1. The van der Waals surface area contributed by atoms with Crippen LogP contribution in [0.3, 0.4) is 0 Å². The summed E-state index contributed by atoms with van der Waals surface area (Å²) >= 11 is 0. The average Bonchev–Trinajstić information content (AvgIpc) is 2.28. The Balaban J connectivity index is 2.19. The first kappa shape index (κ1) is 13.7. The minimum Gasteiger partial charge on any atom is -0.314 e. The number of hydrogen-bond acceptors (Lipinski definition) is 2. The van der Waals surface area contributed by atoms with E-state index in [9.17, 15) is 4.79 Å². The highest BCUT2D eigenvalue weighted by molar-refractivity contribution is 5.80. The molecule has 0 unspecified atom stereocenters. The van der Waals surface area contributed by atoms with Gasteiger partial charge in [-0.25, -0.2) is 0 Å². The van der Waals surface area contributed by atoms with Crippen LogP contribution in [0, 0.1) is 11.8 Å². The maximum atomic E-state index is 11.6. The Hall–Kier alpha value is -0.370. The maximum absolute atomic E-state index is 11.6. The number of hydrogen-bond donors (Lipinski definition) is 1. The van der Waals surface area contributed by atoms with Crippen molar-refractivity contribution >= 4 is 5.78 Å². The van der Waals surface area contributed by atoms with Crippen LogP contribution in [0.4, 0.5) is 0 Å². The van der Waals surface area contributed by atoms with Gasteiger partial charge in [-0.15, -0.1) is 0 Å². The van der Waals surface area contributed by atoms with Crippen LogP contribution in [0.15, 0.2) is 0 Å². The standard InChI is InChI=1S/C14H27NO/c1-4-9-15-13-7-5-12(6-8-13)10-14(16)11(2)3/h11-13,15H,4-10H2,1-3H3. The zero-order valence-electron chi connectivity index (χ0n) is 11.1. The topological polar surface area (TPSA) is 29.1 Å². The van der Waals surface area contributed by atoms with Crippen LogP contribution in [0.1, 0.15) is 59.3 Å². The molecule has 1 aliphatic carbocycles. The first-order chi connectivity index (χ1) is 7.63. The highest BCUT2D eigenvalue weighted by Crippen LogP contribution is 2.27. The van der Waals surface area contributed by atoms with E-state index in [-0.39, 0.29) is 5.92 Å². The van der Waals surface area contributed by atoms with Gasteiger partial charge < -0.3 is 5.32 Å². The van der Waals surface area contributed by atoms with Gasteiger partial charge in [0.15, 0.2) is 0 Å². The predicted molar refractivity (Wildman–Crippen MR) is 68.5 cm³/mol. The molecule has 1 fully saturated rings. The molecular weight excluding hydrogens is 198 g/mol. The summed E-state index contributed by atoms with van der Waals surface area (Å²) in [5.41, 5.74) is 0. The summed E-state index contributed by atoms with van der Waals surface area (Å²) in [6, 6.07) is 0.713. The van der Waals surface area contributed by atoms with Crippen molar-refractivity contribution in [1.82, 2.24) is 5.32 Å². The molecule has 0 saturated heterocycles. The number of rotatable bonds is 6. The van der Waals surface area contributed by atoms with Gasteiger partial charge in [-0.05, 0) is 44.6 Å². The van der Waals surface area contributed by atoms with Crippen molar-refractivity contribution < 1.29 is 4.79 Å². The van der Waals surface area contributed by atoms with Gasteiger partial charge >= 0.3 is 0 Å². The van der Waals surface area contributed by atoms with Crippen molar-refractivity contribution in [2.75, 3.05) is 6.54 Å². The normalized spacial score (nSPS) is 26.0. The molecule has 1 saturated carbocycles. The summed E-state index contributed by atoms with van der Waals surface area (Å²) in [6.45, 7) is 7.37. The van der Waals surface area contributed by atoms with Crippen LogP contribution in [0.25, 0.3) is 0 Å². The highest BCUT2D eigenvalue weighted by atomic mass is 16.1. The van der Waals surface area contributed by atoms with E-state index in [1.54, 1.807) is 0 Å². The van der Waals surface area contributed by atoms with Crippen molar-refractivity contribution in [1.29, 1.82) is 0 Å². The molecule has 0 aromatic heterocycles. The van der Waals surface area contributed by atoms with Crippen molar-refractivity contribution in [3.63, 3.8) is 0 Å². The third-order valence-corrected chi connectivity index (χ3v) is 3.66. The Morgan fingerprint density at radius 2 is 1.88 bits per heavy atom. The summed E-state index contributed by atoms with van der Waals surface area (Å²) in [4.78, 5) is 11.6. The fourth-order valence-electron chi connectivity index (χ4n) is 2.44. The van der Waals surface area contributed by atoms with Crippen molar-refractivity contribution in [3.05, 3.63) is 0 Å². The second kappa shape index (κ2) is 7.05. The van der Waals surface area contributed by atoms with Gasteiger partial charge in [-0.2, -0.15) is 0 Å². The Kier molecular flexibility index (Phi) is 6.04. The van der Waals surface area contributed by atoms with E-state index < -0.39 is 0 Å². The lowest BCUT2D eigenvalue weighted by Gasteiger charge is -2.29. The molecular formula is C14H27NO. The number of carbonyl (C=O) groups is 1. The highest BCUT2D eigenvalue weighted by Gasteiger charge is 2.23. The summed E-state index contributed by atoms with van der Waals surface area (Å²) in [5.74, 6) is 1.33. The number of Topliss-reactive ketones (excluding diaryl/α,β-unsaturated/α-hetero) is 1. The molecule has 0 aliphatic heterocycles. The molecule has 0 radical (unpaired) electrons. The van der Waals surface area contributed by atoms with E-state index in [1.165, 1.54) is 32.1 Å². The molecule has 0 amide bonds. The monoisotopic (exact) mass is 225 g/mol. The summed E-state index contributed by atoms with van der Waals surface area (Å²) in [6.07, 6.45) is 7.02. The molecule has 2 heteroatoms. The lowest BCUT2D eigenvalue weighted by atomic mass is 9.82. The molecule has 0 heterocycles. The predicted octanol–water partition coefficient (Wildman–Crippen LogP) is 3.16. The Labute approximate surface area is 100 Å². The van der Waals surface area contributed by atoms with E-state index in [0.717, 1.165) is 13.0 Å². The largest absolute Gasteiger partial charge is 0.314 e. The molecule has 0 aromatic carbocycles. The van der Waals surface area contributed by atoms with Gasteiger partial charge in [0.1, 0.15) is 5.78 Å². The summed E-state index contributed by atoms with van der Waals surface area (Å²) in [5, 5.41) is 3.58. The quantitative estimate of drug-likeness (QED) is 0.752. The molecule has 1 N–H and O–H groups in total. The second-order valence-corrected chi connectivity index (χ2v) is 5.50. The van der Waals surface area contributed by atoms with Crippen molar-refractivity contribution in [2.45, 2.75) is 65.3 Å². The van der Waals surface area contributed by atoms with Crippen LogP contribution in [-0.4, -0.2) is 18.4 Å². The number of nitrogens with one attached hydrogen (secondary N) is 1. The Bertz CT molecular complexity index is 205. The molecule has 0 spiro atoms. The van der Waals surface area contributed by atoms with Crippen LogP contribution in [-0.2, 0) is 4.79 Å². The first-order valence-electron chi connectivity index (χ1n) is 6.89. The van der Waals surface area contributed by atoms with Crippen LogP contribution < -0.4 is 5.32 Å². The Morgan fingerprint density at radius 3 is 2.38 bits per heavy atom. The molecule has 2 nitrogen and oxygen atoms in total. The first-order valence-corrected chi connectivity index (χ1v) is 6.89. The van der Waals surface area contributed by atoms with Gasteiger partial charge in [0.05, 0.1) is 0 Å². The molecule has 0 aromatic rings. The average molecular weight is 225 g/mol. The summed E-state index contributed by atoms with van der Waals surface area (Å²) < 4.78 is 0. The third kappa shape index (κ3) is 4.65. The molecule has 0 atom stereocenters. The van der Waals surface area contributed by atoms with E-state index in [4.69, 9.17) is 0 Å². The lowest BCUT2D eigenvalue weighted by molar-refractivity contribution is -0.123. The van der Waals surface area contributed by atoms with E-state index in [0.29, 0.717) is 17.7 Å². The lowest BCUT2D eigenvalue weighted by Crippen LogP contribution is -2.34. The number of carbonyl (C=O) groups excluding carboxylic acids is 1. The van der Waals surface area contributed by atoms with Gasteiger partial charge in [0.25, 0.3) is 0 Å². The minimum absolute atomic E-state index is 0.218. The third-order valence-electron chi connectivity index (χ3n) is 3.66. The van der Waals surface area contributed by atoms with Crippen LogP contribution in [0.5, 0.6) is 0 Å². The van der Waals surface area contributed by atoms with Crippen LogP contribution in [0.2, 0.25) is 0 Å². The fourth-order valence-corrected chi connectivity index (χ4v) is 2.44. The van der Waals surface area contributed by atoms with Crippen molar-refractivity contribution in [3.8, 4) is 0 Å². The molecule has 1 rings (SSSR count). The molecule has 1 aliphatic rings. The van der Waals surface area contributed by atoms with E-state index in [2.05, 4.69) is 12.2 Å². The second-order valence-electron chi connectivity index (χ2n) is 5.50. The van der Waals surface area contributed by atoms with Gasteiger partial charge in [-0.1, -0.05) is 20.8 Å². The SMILES string of the molecule is CCCNC1CCC(CC(=O)C(C)C)CC1. The molecule has 0 bridgehead atoms. The van der Waals surface area contributed by atoms with Gasteiger partial charge in [0, 0.05) is 18.4 Å². The molecule has 16 heavy (non-hydrogen) atoms. The summed E-state index contributed by atoms with van der Waals surface area (Å²) in [7, 11) is 0. The zero-order valence-corrected chi connectivity index (χ0v) is 11.1. The smallest absolute Gasteiger partial charge is 0.135 e. The minimum atomic E-state index is 0.218. The van der Waals surface area contributed by atoms with Gasteiger partial charge in [-0.3, -0.25) is 4.79 Å². The van der Waals surface area contributed by atoms with Gasteiger partial charge in [0.2, 0.25) is 0 Å². The fraction of sp³-hybridized carbons (Fsp3) is 0.929. The molecule has 94 valence electrons. The van der Waals surface area contributed by atoms with E-state index in [1.807, 2.05) is 13.8 Å². The van der Waals surface area contributed by atoms with E-state index >= 15 is 0 Å².